The van der Waals surface area contributed by atoms with E-state index in [1.54, 1.807) is 36.4 Å². The third kappa shape index (κ3) is 4.39. The molecule has 31 heavy (non-hydrogen) atoms. The molecule has 0 aliphatic carbocycles. The van der Waals surface area contributed by atoms with Gasteiger partial charge < -0.3 is 5.32 Å². The van der Waals surface area contributed by atoms with Crippen LogP contribution in [0.25, 0.3) is 16.9 Å². The molecule has 0 spiro atoms. The minimum atomic E-state index is -4.70. The van der Waals surface area contributed by atoms with Crippen LogP contribution in [-0.4, -0.2) is 20.5 Å². The Kier molecular flexibility index (Phi) is 5.41. The standard InChI is InChI=1S/C22H16ClF3N4O/c1-2-13-3-9-16(10-4-13)27-21(31)18-12-20-28-17(14-5-7-15(23)8-6-14)11-19(22(24,25)26)30(20)29-18/h3-12H,2H2,1H3,(H,27,31). The summed E-state index contributed by atoms with van der Waals surface area (Å²) in [5.41, 5.74) is 0.870. The third-order valence-electron chi connectivity index (χ3n) is 4.71. The number of hydrogen-bond acceptors (Lipinski definition) is 3. The van der Waals surface area contributed by atoms with E-state index in [1.165, 1.54) is 6.07 Å². The molecule has 2 aromatic carbocycles. The molecule has 0 aliphatic rings. The van der Waals surface area contributed by atoms with Crippen molar-refractivity contribution in [3.63, 3.8) is 0 Å². The number of benzene rings is 2. The molecule has 5 nitrogen and oxygen atoms in total. The average Bonchev–Trinajstić information content (AvgIpc) is 3.17. The van der Waals surface area contributed by atoms with Crippen LogP contribution in [0, 0.1) is 0 Å². The number of aryl methyl sites for hydroxylation is 1. The van der Waals surface area contributed by atoms with Gasteiger partial charge in [-0.2, -0.15) is 18.3 Å². The first-order valence-electron chi connectivity index (χ1n) is 9.39. The second-order valence-electron chi connectivity index (χ2n) is 6.84. The van der Waals surface area contributed by atoms with Gasteiger partial charge in [-0.3, -0.25) is 4.79 Å². The van der Waals surface area contributed by atoms with E-state index in [4.69, 9.17) is 11.6 Å². The highest BCUT2D eigenvalue weighted by molar-refractivity contribution is 6.30. The minimum Gasteiger partial charge on any atom is -0.321 e. The van der Waals surface area contributed by atoms with Crippen LogP contribution in [0.1, 0.15) is 28.7 Å². The first-order valence-corrected chi connectivity index (χ1v) is 9.76. The highest BCUT2D eigenvalue weighted by Gasteiger charge is 2.35. The first kappa shape index (κ1) is 20.9. The van der Waals surface area contributed by atoms with E-state index in [0.29, 0.717) is 20.8 Å². The van der Waals surface area contributed by atoms with Crippen LogP contribution < -0.4 is 5.32 Å². The van der Waals surface area contributed by atoms with E-state index in [-0.39, 0.29) is 17.0 Å². The summed E-state index contributed by atoms with van der Waals surface area (Å²) >= 11 is 5.86. The Morgan fingerprint density at radius 1 is 1.06 bits per heavy atom. The summed E-state index contributed by atoms with van der Waals surface area (Å²) < 4.78 is 41.7. The number of rotatable bonds is 4. The zero-order chi connectivity index (χ0) is 22.2. The number of nitrogens with one attached hydrogen (secondary N) is 1. The maximum atomic E-state index is 13.7. The van der Waals surface area contributed by atoms with Gasteiger partial charge in [-0.1, -0.05) is 42.8 Å². The van der Waals surface area contributed by atoms with Gasteiger partial charge in [-0.15, -0.1) is 0 Å². The largest absolute Gasteiger partial charge is 0.433 e. The highest BCUT2D eigenvalue weighted by Crippen LogP contribution is 2.32. The quantitative estimate of drug-likeness (QED) is 0.427. The van der Waals surface area contributed by atoms with Crippen LogP contribution in [0.15, 0.2) is 60.7 Å². The van der Waals surface area contributed by atoms with Gasteiger partial charge in [0.1, 0.15) is 0 Å². The normalized spacial score (nSPS) is 11.6. The second-order valence-corrected chi connectivity index (χ2v) is 7.27. The average molecular weight is 445 g/mol. The molecule has 0 unspecified atom stereocenters. The lowest BCUT2D eigenvalue weighted by molar-refractivity contribution is -0.142. The van der Waals surface area contributed by atoms with Crippen molar-refractivity contribution in [3.05, 3.63) is 82.6 Å². The highest BCUT2D eigenvalue weighted by atomic mass is 35.5. The van der Waals surface area contributed by atoms with Crippen molar-refractivity contribution in [1.82, 2.24) is 14.6 Å². The molecule has 2 heterocycles. The van der Waals surface area contributed by atoms with Crippen LogP contribution >= 0.6 is 11.6 Å². The maximum absolute atomic E-state index is 13.7. The Balaban J connectivity index is 1.74. The predicted octanol–water partition coefficient (Wildman–Crippen LogP) is 5.88. The summed E-state index contributed by atoms with van der Waals surface area (Å²) in [5, 5.41) is 6.96. The molecule has 1 amide bonds. The summed E-state index contributed by atoms with van der Waals surface area (Å²) in [4.78, 5) is 16.8. The van der Waals surface area contributed by atoms with Crippen LogP contribution in [0.5, 0.6) is 0 Å². The number of hydrogen-bond donors (Lipinski definition) is 1. The molecule has 158 valence electrons. The molecule has 0 bridgehead atoms. The van der Waals surface area contributed by atoms with E-state index in [0.717, 1.165) is 18.1 Å². The SMILES string of the molecule is CCc1ccc(NC(=O)c2cc3nc(-c4ccc(Cl)cc4)cc(C(F)(F)F)n3n2)cc1. The summed E-state index contributed by atoms with van der Waals surface area (Å²) in [5.74, 6) is -0.629. The second kappa shape index (κ2) is 8.03. The molecular weight excluding hydrogens is 429 g/mol. The summed E-state index contributed by atoms with van der Waals surface area (Å²) in [7, 11) is 0. The fourth-order valence-corrected chi connectivity index (χ4v) is 3.20. The Morgan fingerprint density at radius 2 is 1.74 bits per heavy atom. The third-order valence-corrected chi connectivity index (χ3v) is 4.96. The molecule has 4 rings (SSSR count). The first-order chi connectivity index (χ1) is 14.7. The lowest BCUT2D eigenvalue weighted by Crippen LogP contribution is -2.15. The molecule has 9 heteroatoms. The number of halogens is 4. The van der Waals surface area contributed by atoms with Crippen molar-refractivity contribution in [2.45, 2.75) is 19.5 Å². The summed E-state index contributed by atoms with van der Waals surface area (Å²) in [6.45, 7) is 2.01. The van der Waals surface area contributed by atoms with E-state index < -0.39 is 17.8 Å². The molecule has 0 atom stereocenters. The minimum absolute atomic E-state index is 0.0914. The number of alkyl halides is 3. The van der Waals surface area contributed by atoms with Crippen LogP contribution in [0.2, 0.25) is 5.02 Å². The molecule has 0 fully saturated rings. The number of fused-ring (bicyclic) bond motifs is 1. The molecule has 0 saturated heterocycles. The van der Waals surface area contributed by atoms with Gasteiger partial charge in [-0.05, 0) is 42.3 Å². The zero-order valence-electron chi connectivity index (χ0n) is 16.2. The van der Waals surface area contributed by atoms with Gasteiger partial charge in [0, 0.05) is 22.3 Å². The van der Waals surface area contributed by atoms with Gasteiger partial charge >= 0.3 is 6.18 Å². The van der Waals surface area contributed by atoms with Crippen molar-refractivity contribution >= 4 is 28.8 Å². The van der Waals surface area contributed by atoms with Crippen molar-refractivity contribution in [1.29, 1.82) is 0 Å². The number of anilines is 1. The Bertz CT molecular complexity index is 1250. The van der Waals surface area contributed by atoms with E-state index in [1.807, 2.05) is 19.1 Å². The van der Waals surface area contributed by atoms with E-state index in [2.05, 4.69) is 15.4 Å². The molecular formula is C22H16ClF3N4O. The van der Waals surface area contributed by atoms with Gasteiger partial charge in [0.25, 0.3) is 5.91 Å². The lowest BCUT2D eigenvalue weighted by atomic mass is 10.1. The smallest absolute Gasteiger partial charge is 0.321 e. The van der Waals surface area contributed by atoms with Crippen molar-refractivity contribution in [2.24, 2.45) is 0 Å². The molecule has 1 N–H and O–H groups in total. The fourth-order valence-electron chi connectivity index (χ4n) is 3.07. The van der Waals surface area contributed by atoms with Crippen LogP contribution in [0.3, 0.4) is 0 Å². The Morgan fingerprint density at radius 3 is 2.35 bits per heavy atom. The summed E-state index contributed by atoms with van der Waals surface area (Å²) in [6, 6.07) is 15.6. The van der Waals surface area contributed by atoms with Crippen LogP contribution in [-0.2, 0) is 12.6 Å². The molecule has 0 saturated carbocycles. The summed E-state index contributed by atoms with van der Waals surface area (Å²) in [6.07, 6.45) is -3.85. The van der Waals surface area contributed by atoms with E-state index in [9.17, 15) is 18.0 Å². The predicted molar refractivity (Wildman–Crippen MR) is 112 cm³/mol. The lowest BCUT2D eigenvalue weighted by Gasteiger charge is -2.11. The van der Waals surface area contributed by atoms with Crippen molar-refractivity contribution in [3.8, 4) is 11.3 Å². The Hall–Kier alpha value is -3.39. The van der Waals surface area contributed by atoms with Gasteiger partial charge in [0.2, 0.25) is 0 Å². The van der Waals surface area contributed by atoms with Crippen molar-refractivity contribution in [2.75, 3.05) is 5.32 Å². The Labute approximate surface area is 180 Å². The molecule has 4 aromatic rings. The number of amides is 1. The maximum Gasteiger partial charge on any atom is 0.433 e. The van der Waals surface area contributed by atoms with Crippen LogP contribution in [0.4, 0.5) is 18.9 Å². The number of carbonyl (C=O) groups excluding carboxylic acids is 1. The van der Waals surface area contributed by atoms with Gasteiger partial charge in [0.15, 0.2) is 17.0 Å². The number of aromatic nitrogens is 3. The van der Waals surface area contributed by atoms with Gasteiger partial charge in [-0.25, -0.2) is 9.50 Å². The van der Waals surface area contributed by atoms with Crippen molar-refractivity contribution < 1.29 is 18.0 Å². The molecule has 0 radical (unpaired) electrons. The molecule has 2 aromatic heterocycles. The zero-order valence-corrected chi connectivity index (χ0v) is 17.0. The molecule has 0 aliphatic heterocycles. The topological polar surface area (TPSA) is 59.3 Å². The fraction of sp³-hybridized carbons (Fsp3) is 0.136. The monoisotopic (exact) mass is 444 g/mol. The van der Waals surface area contributed by atoms with E-state index >= 15 is 0 Å². The number of nitrogens with zero attached hydrogens (tertiary/aromatic N) is 3. The number of carbonyl (C=O) groups is 1. The van der Waals surface area contributed by atoms with Gasteiger partial charge in [0.05, 0.1) is 5.69 Å².